The highest BCUT2D eigenvalue weighted by Gasteiger charge is 2.24. The number of hydrogen-bond donors (Lipinski definition) is 1. The number of carbonyl (C=O) groups is 1. The van der Waals surface area contributed by atoms with E-state index in [4.69, 9.17) is 5.73 Å². The summed E-state index contributed by atoms with van der Waals surface area (Å²) in [5, 5.41) is 0.791. The summed E-state index contributed by atoms with van der Waals surface area (Å²) < 4.78 is 2.06. The average Bonchev–Trinajstić information content (AvgIpc) is 3.41. The number of nitrogens with two attached hydrogens (primary N) is 1. The smallest absolute Gasteiger partial charge is 0.163 e. The molecule has 0 bridgehead atoms. The Morgan fingerprint density at radius 2 is 2.15 bits per heavy atom. The van der Waals surface area contributed by atoms with Crippen molar-refractivity contribution < 1.29 is 4.79 Å². The van der Waals surface area contributed by atoms with Gasteiger partial charge >= 0.3 is 0 Å². The third-order valence-corrected chi connectivity index (χ3v) is 4.84. The molecule has 0 aliphatic heterocycles. The molecule has 1 fully saturated rings. The second-order valence-corrected chi connectivity index (χ2v) is 7.10. The van der Waals surface area contributed by atoms with Crippen molar-refractivity contribution in [2.75, 3.05) is 5.73 Å². The van der Waals surface area contributed by atoms with E-state index in [0.29, 0.717) is 18.2 Å². The van der Waals surface area contributed by atoms with Crippen LogP contribution in [0.3, 0.4) is 0 Å². The van der Waals surface area contributed by atoms with Gasteiger partial charge in [0.1, 0.15) is 17.8 Å². The summed E-state index contributed by atoms with van der Waals surface area (Å²) in [4.78, 5) is 20.8. The Labute approximate surface area is 158 Å². The number of Topliss-reactive ketones (excluding diaryl/α,β-unsaturated/α-hetero) is 1. The fraction of sp³-hybridized carbons (Fsp3) is 0.318. The van der Waals surface area contributed by atoms with Crippen molar-refractivity contribution in [2.24, 2.45) is 5.92 Å². The maximum atomic E-state index is 12.3. The topological polar surface area (TPSA) is 73.8 Å². The summed E-state index contributed by atoms with van der Waals surface area (Å²) in [6, 6.07) is 7.56. The highest BCUT2D eigenvalue weighted by atomic mass is 16.1. The minimum atomic E-state index is 0.207. The summed E-state index contributed by atoms with van der Waals surface area (Å²) in [7, 11) is 0. The van der Waals surface area contributed by atoms with Crippen LogP contribution in [0.5, 0.6) is 0 Å². The van der Waals surface area contributed by atoms with Gasteiger partial charge in [-0.1, -0.05) is 30.9 Å². The molecule has 1 aliphatic carbocycles. The lowest BCUT2D eigenvalue weighted by Crippen LogP contribution is -2.00. The van der Waals surface area contributed by atoms with Crippen LogP contribution in [-0.4, -0.2) is 20.3 Å². The van der Waals surface area contributed by atoms with Gasteiger partial charge in [0.2, 0.25) is 0 Å². The Morgan fingerprint density at radius 3 is 2.93 bits per heavy atom. The lowest BCUT2D eigenvalue weighted by molar-refractivity contribution is 0.0976. The number of nitrogen functional groups attached to an aromatic ring is 1. The number of aromatic nitrogens is 3. The number of nitrogens with zero attached hydrogens (tertiary/aromatic N) is 3. The molecule has 4 rings (SSSR count). The number of rotatable bonds is 5. The average molecular weight is 358 g/mol. The molecule has 3 aromatic rings. The minimum Gasteiger partial charge on any atom is -0.383 e. The first kappa shape index (κ1) is 17.3. The number of hydrogen-bond acceptors (Lipinski definition) is 4. The number of anilines is 1. The molecule has 1 saturated carbocycles. The van der Waals surface area contributed by atoms with E-state index in [9.17, 15) is 4.79 Å². The third kappa shape index (κ3) is 3.70. The number of aryl methyl sites for hydroxylation is 1. The predicted octanol–water partition coefficient (Wildman–Crippen LogP) is 3.81. The molecular weight excluding hydrogens is 336 g/mol. The molecule has 0 radical (unpaired) electrons. The maximum absolute atomic E-state index is 12.3. The second kappa shape index (κ2) is 7.24. The largest absolute Gasteiger partial charge is 0.383 e. The van der Waals surface area contributed by atoms with Gasteiger partial charge in [-0.25, -0.2) is 9.97 Å². The van der Waals surface area contributed by atoms with Gasteiger partial charge in [-0.3, -0.25) is 4.79 Å². The Kier molecular flexibility index (Phi) is 4.64. The summed E-state index contributed by atoms with van der Waals surface area (Å²) in [6.07, 6.45) is 7.46. The van der Waals surface area contributed by atoms with Crippen LogP contribution >= 0.6 is 0 Å². The molecule has 5 heteroatoms. The van der Waals surface area contributed by atoms with Crippen LogP contribution in [0.4, 0.5) is 5.82 Å². The summed E-state index contributed by atoms with van der Waals surface area (Å²) in [6.45, 7) is 2.96. The molecule has 1 aromatic carbocycles. The van der Waals surface area contributed by atoms with E-state index in [-0.39, 0.29) is 5.78 Å². The van der Waals surface area contributed by atoms with Crippen LogP contribution in [0.15, 0.2) is 36.8 Å². The van der Waals surface area contributed by atoms with Crippen molar-refractivity contribution >= 4 is 22.6 Å². The number of fused-ring (bicyclic) bond motifs is 1. The molecule has 2 aromatic heterocycles. The van der Waals surface area contributed by atoms with Crippen LogP contribution in [0, 0.1) is 17.8 Å². The van der Waals surface area contributed by atoms with Gasteiger partial charge in [0.05, 0.1) is 10.9 Å². The number of ketones is 1. The van der Waals surface area contributed by atoms with Crippen molar-refractivity contribution in [2.45, 2.75) is 39.2 Å². The molecule has 0 saturated heterocycles. The standard InChI is InChI=1S/C22H22N4O/c1-2-10-26-13-18(20-21(23)24-14-25-22(20)26)9-8-15-4-3-5-17(11-15)19(27)12-16-6-7-16/h3-5,11,13-14,16H,2,6-7,10,12H2,1H3,(H2,23,24,25). The highest BCUT2D eigenvalue weighted by Crippen LogP contribution is 2.33. The molecular formula is C22H22N4O. The highest BCUT2D eigenvalue weighted by molar-refractivity contribution is 5.96. The lowest BCUT2D eigenvalue weighted by atomic mass is 10.0. The zero-order valence-corrected chi connectivity index (χ0v) is 15.4. The van der Waals surface area contributed by atoms with Crippen molar-refractivity contribution in [3.63, 3.8) is 0 Å². The second-order valence-electron chi connectivity index (χ2n) is 7.10. The lowest BCUT2D eigenvalue weighted by Gasteiger charge is -2.01. The first-order valence-corrected chi connectivity index (χ1v) is 9.40. The zero-order valence-electron chi connectivity index (χ0n) is 15.4. The predicted molar refractivity (Wildman–Crippen MR) is 106 cm³/mol. The van der Waals surface area contributed by atoms with Gasteiger partial charge in [-0.05, 0) is 37.3 Å². The van der Waals surface area contributed by atoms with Gasteiger partial charge in [0.25, 0.3) is 0 Å². The van der Waals surface area contributed by atoms with E-state index in [1.54, 1.807) is 0 Å². The first-order valence-electron chi connectivity index (χ1n) is 9.40. The quantitative estimate of drug-likeness (QED) is 0.556. The Balaban J connectivity index is 1.67. The first-order chi connectivity index (χ1) is 13.2. The molecule has 5 nitrogen and oxygen atoms in total. The SMILES string of the molecule is CCCn1cc(C#Cc2cccc(C(=O)CC3CC3)c2)c2c(N)ncnc21. The van der Waals surface area contributed by atoms with Crippen LogP contribution in [-0.2, 0) is 6.54 Å². The Bertz CT molecular complexity index is 1070. The van der Waals surface area contributed by atoms with Gasteiger partial charge in [0.15, 0.2) is 5.78 Å². The van der Waals surface area contributed by atoms with Crippen LogP contribution in [0.2, 0.25) is 0 Å². The van der Waals surface area contributed by atoms with Crippen molar-refractivity contribution in [3.8, 4) is 11.8 Å². The van der Waals surface area contributed by atoms with Gasteiger partial charge in [-0.15, -0.1) is 0 Å². The van der Waals surface area contributed by atoms with E-state index in [2.05, 4.69) is 33.3 Å². The van der Waals surface area contributed by atoms with E-state index in [0.717, 1.165) is 40.7 Å². The normalized spacial score (nSPS) is 13.4. The van der Waals surface area contributed by atoms with Gasteiger partial charge in [-0.2, -0.15) is 0 Å². The maximum Gasteiger partial charge on any atom is 0.163 e. The molecule has 2 heterocycles. The van der Waals surface area contributed by atoms with E-state index >= 15 is 0 Å². The van der Waals surface area contributed by atoms with E-state index in [1.807, 2.05) is 30.5 Å². The van der Waals surface area contributed by atoms with Crippen LogP contribution in [0.25, 0.3) is 11.0 Å². The van der Waals surface area contributed by atoms with Crippen molar-refractivity contribution in [1.29, 1.82) is 0 Å². The molecule has 1 aliphatic rings. The Hall–Kier alpha value is -3.13. The van der Waals surface area contributed by atoms with Crippen LogP contribution < -0.4 is 5.73 Å². The Morgan fingerprint density at radius 1 is 1.30 bits per heavy atom. The zero-order chi connectivity index (χ0) is 18.8. The molecule has 0 atom stereocenters. The molecule has 0 unspecified atom stereocenters. The van der Waals surface area contributed by atoms with E-state index < -0.39 is 0 Å². The summed E-state index contributed by atoms with van der Waals surface area (Å²) in [5.41, 5.74) is 9.26. The molecule has 0 amide bonds. The van der Waals surface area contributed by atoms with Crippen LogP contribution in [0.1, 0.15) is 54.1 Å². The summed E-state index contributed by atoms with van der Waals surface area (Å²) in [5.74, 6) is 7.60. The number of carbonyl (C=O) groups excluding carboxylic acids is 1. The third-order valence-electron chi connectivity index (χ3n) is 4.84. The fourth-order valence-corrected chi connectivity index (χ4v) is 3.27. The van der Waals surface area contributed by atoms with Crippen molar-refractivity contribution in [1.82, 2.24) is 14.5 Å². The van der Waals surface area contributed by atoms with Crippen molar-refractivity contribution in [3.05, 3.63) is 53.5 Å². The monoisotopic (exact) mass is 358 g/mol. The number of benzene rings is 1. The molecule has 136 valence electrons. The molecule has 2 N–H and O–H groups in total. The van der Waals surface area contributed by atoms with E-state index in [1.165, 1.54) is 19.2 Å². The molecule has 27 heavy (non-hydrogen) atoms. The van der Waals surface area contributed by atoms with Gasteiger partial charge < -0.3 is 10.3 Å². The fourth-order valence-electron chi connectivity index (χ4n) is 3.27. The van der Waals surface area contributed by atoms with Gasteiger partial charge in [0, 0.05) is 30.3 Å². The summed E-state index contributed by atoms with van der Waals surface area (Å²) >= 11 is 0. The minimum absolute atomic E-state index is 0.207. The molecule has 0 spiro atoms.